The van der Waals surface area contributed by atoms with E-state index in [4.69, 9.17) is 18.7 Å². The molecule has 0 aliphatic carbocycles. The number of hydrogen-bond acceptors (Lipinski definition) is 4. The van der Waals surface area contributed by atoms with Gasteiger partial charge < -0.3 is 13.8 Å². The van der Waals surface area contributed by atoms with Gasteiger partial charge in [-0.15, -0.1) is 0 Å². The molecule has 0 spiro atoms. The number of rotatable bonds is 5. The maximum absolute atomic E-state index is 11.0. The number of likely N-dealkylation sites (N-methyl/N-ethyl adjacent to an activating group) is 1. The summed E-state index contributed by atoms with van der Waals surface area (Å²) in [7, 11) is -0.670. The highest BCUT2D eigenvalue weighted by Crippen LogP contribution is 2.42. The summed E-state index contributed by atoms with van der Waals surface area (Å²) >= 11 is 0. The monoisotopic (exact) mass is 285 g/mol. The molecule has 1 aromatic heterocycles. The van der Waals surface area contributed by atoms with Crippen LogP contribution in [0.25, 0.3) is 11.0 Å². The summed E-state index contributed by atoms with van der Waals surface area (Å²) in [6.07, 6.45) is 2.31. The van der Waals surface area contributed by atoms with Gasteiger partial charge in [-0.1, -0.05) is 6.07 Å². The Labute approximate surface area is 110 Å². The van der Waals surface area contributed by atoms with Gasteiger partial charge in [0, 0.05) is 12.1 Å². The molecule has 104 valence electrons. The normalized spacial score (nSPS) is 12.3. The molecule has 0 unspecified atom stereocenters. The van der Waals surface area contributed by atoms with Crippen molar-refractivity contribution in [2.45, 2.75) is 6.42 Å². The molecular weight excluding hydrogens is 269 g/mol. The van der Waals surface area contributed by atoms with Crippen molar-refractivity contribution in [2.75, 3.05) is 20.6 Å². The van der Waals surface area contributed by atoms with Crippen LogP contribution in [0.15, 0.2) is 28.9 Å². The Morgan fingerprint density at radius 1 is 1.37 bits per heavy atom. The third-order valence-electron chi connectivity index (χ3n) is 2.68. The van der Waals surface area contributed by atoms with Crippen molar-refractivity contribution in [3.05, 3.63) is 30.0 Å². The summed E-state index contributed by atoms with van der Waals surface area (Å²) in [4.78, 5) is 19.9. The van der Waals surface area contributed by atoms with Gasteiger partial charge in [-0.25, -0.2) is 4.57 Å². The minimum Gasteiger partial charge on any atom is -0.464 e. The molecule has 0 aliphatic heterocycles. The number of nitrogens with zero attached hydrogens (tertiary/aromatic N) is 1. The number of hydrogen-bond donors (Lipinski definition) is 2. The molecule has 2 N–H and O–H groups in total. The molecule has 1 heterocycles. The first kappa shape index (κ1) is 14.1. The van der Waals surface area contributed by atoms with Gasteiger partial charge in [0.2, 0.25) is 0 Å². The summed E-state index contributed by atoms with van der Waals surface area (Å²) < 4.78 is 21.1. The Morgan fingerprint density at radius 3 is 2.74 bits per heavy atom. The summed E-state index contributed by atoms with van der Waals surface area (Å²) in [6.45, 7) is 0.804. The first-order valence-corrected chi connectivity index (χ1v) is 7.29. The van der Waals surface area contributed by atoms with Crippen LogP contribution in [0.3, 0.4) is 0 Å². The molecule has 6 nitrogen and oxygen atoms in total. The van der Waals surface area contributed by atoms with E-state index in [1.165, 1.54) is 6.07 Å². The fourth-order valence-corrected chi connectivity index (χ4v) is 2.26. The van der Waals surface area contributed by atoms with Crippen LogP contribution in [0.5, 0.6) is 5.75 Å². The van der Waals surface area contributed by atoms with Crippen LogP contribution in [0.4, 0.5) is 0 Å². The molecule has 2 aromatic rings. The van der Waals surface area contributed by atoms with E-state index in [1.807, 2.05) is 19.0 Å². The predicted octanol–water partition coefficient (Wildman–Crippen LogP) is 2.01. The van der Waals surface area contributed by atoms with E-state index in [-0.39, 0.29) is 5.75 Å². The number of phosphoric ester groups is 1. The first-order valence-electron chi connectivity index (χ1n) is 5.76. The van der Waals surface area contributed by atoms with Crippen molar-refractivity contribution in [2.24, 2.45) is 0 Å². The van der Waals surface area contributed by atoms with Crippen LogP contribution < -0.4 is 4.52 Å². The van der Waals surface area contributed by atoms with Crippen molar-refractivity contribution in [1.82, 2.24) is 4.90 Å². The van der Waals surface area contributed by atoms with E-state index in [0.717, 1.165) is 12.1 Å². The Kier molecular flexibility index (Phi) is 3.96. The minimum absolute atomic E-state index is 0.147. The minimum atomic E-state index is -4.58. The van der Waals surface area contributed by atoms with Crippen LogP contribution in [0, 0.1) is 0 Å². The molecule has 0 saturated heterocycles. The fourth-order valence-electron chi connectivity index (χ4n) is 1.85. The second-order valence-electron chi connectivity index (χ2n) is 4.53. The van der Waals surface area contributed by atoms with Crippen molar-refractivity contribution in [3.8, 4) is 5.75 Å². The molecule has 0 fully saturated rings. The third kappa shape index (κ3) is 3.58. The van der Waals surface area contributed by atoms with E-state index in [9.17, 15) is 4.57 Å². The van der Waals surface area contributed by atoms with E-state index in [0.29, 0.717) is 17.4 Å². The molecule has 0 atom stereocenters. The van der Waals surface area contributed by atoms with Crippen LogP contribution in [0.2, 0.25) is 0 Å². The third-order valence-corrected chi connectivity index (χ3v) is 3.12. The van der Waals surface area contributed by atoms with Gasteiger partial charge in [-0.05, 0) is 32.6 Å². The largest absolute Gasteiger partial charge is 0.524 e. The van der Waals surface area contributed by atoms with Gasteiger partial charge in [0.1, 0.15) is 11.3 Å². The number of phosphoric acid groups is 1. The maximum Gasteiger partial charge on any atom is 0.524 e. The molecule has 19 heavy (non-hydrogen) atoms. The van der Waals surface area contributed by atoms with Gasteiger partial charge >= 0.3 is 7.82 Å². The lowest BCUT2D eigenvalue weighted by Gasteiger charge is -2.10. The number of fused-ring (bicyclic) bond motifs is 1. The Bertz CT molecular complexity index is 616. The van der Waals surface area contributed by atoms with Gasteiger partial charge in [-0.3, -0.25) is 9.79 Å². The molecule has 1 aromatic carbocycles. The van der Waals surface area contributed by atoms with Crippen molar-refractivity contribution >= 4 is 18.8 Å². The Morgan fingerprint density at radius 2 is 2.11 bits per heavy atom. The molecule has 0 amide bonds. The quantitative estimate of drug-likeness (QED) is 0.818. The summed E-state index contributed by atoms with van der Waals surface area (Å²) in [6, 6.07) is 4.89. The number of furan rings is 1. The van der Waals surface area contributed by atoms with Crippen LogP contribution >= 0.6 is 7.82 Å². The van der Waals surface area contributed by atoms with Crippen molar-refractivity contribution in [3.63, 3.8) is 0 Å². The van der Waals surface area contributed by atoms with Crippen molar-refractivity contribution < 1.29 is 23.3 Å². The predicted molar refractivity (Wildman–Crippen MR) is 71.1 cm³/mol. The van der Waals surface area contributed by atoms with E-state index in [1.54, 1.807) is 18.4 Å². The second kappa shape index (κ2) is 5.35. The zero-order valence-electron chi connectivity index (χ0n) is 10.7. The highest BCUT2D eigenvalue weighted by Gasteiger charge is 2.20. The highest BCUT2D eigenvalue weighted by molar-refractivity contribution is 7.46. The molecule has 0 bridgehead atoms. The molecular formula is C12H16NO5P. The summed E-state index contributed by atoms with van der Waals surface area (Å²) in [5, 5.41) is 0.618. The smallest absolute Gasteiger partial charge is 0.464 e. The highest BCUT2D eigenvalue weighted by atomic mass is 31.2. The van der Waals surface area contributed by atoms with E-state index < -0.39 is 7.82 Å². The summed E-state index contributed by atoms with van der Waals surface area (Å²) in [5.41, 5.74) is 1.42. The lowest BCUT2D eigenvalue weighted by Crippen LogP contribution is -2.14. The summed E-state index contributed by atoms with van der Waals surface area (Å²) in [5.74, 6) is 0.147. The standard InChI is InChI=1S/C12H16NO5P/c1-13(2)7-6-9-8-17-10-4-3-5-11(12(9)10)18-19(14,15)16/h3-5,8H,6-7H2,1-2H3,(H2,14,15,16). The van der Waals surface area contributed by atoms with Gasteiger partial charge in [0.05, 0.1) is 11.6 Å². The Balaban J connectivity index is 2.40. The van der Waals surface area contributed by atoms with Crippen LogP contribution in [-0.2, 0) is 11.0 Å². The van der Waals surface area contributed by atoms with Gasteiger partial charge in [-0.2, -0.15) is 0 Å². The zero-order chi connectivity index (χ0) is 14.0. The molecule has 0 radical (unpaired) electrons. The lowest BCUT2D eigenvalue weighted by molar-refractivity contribution is 0.284. The van der Waals surface area contributed by atoms with Crippen LogP contribution in [0.1, 0.15) is 5.56 Å². The van der Waals surface area contributed by atoms with Gasteiger partial charge in [0.15, 0.2) is 0 Å². The zero-order valence-corrected chi connectivity index (χ0v) is 11.6. The average molecular weight is 285 g/mol. The fraction of sp³-hybridized carbons (Fsp3) is 0.333. The Hall–Kier alpha value is -1.33. The SMILES string of the molecule is CN(C)CCc1coc2cccc(OP(=O)(O)O)c12. The van der Waals surface area contributed by atoms with E-state index >= 15 is 0 Å². The van der Waals surface area contributed by atoms with E-state index in [2.05, 4.69) is 0 Å². The molecule has 0 saturated carbocycles. The first-order chi connectivity index (χ1) is 8.87. The topological polar surface area (TPSA) is 83.1 Å². The van der Waals surface area contributed by atoms with Gasteiger partial charge in [0.25, 0.3) is 0 Å². The average Bonchev–Trinajstić information content (AvgIpc) is 2.68. The molecule has 2 rings (SSSR count). The van der Waals surface area contributed by atoms with Crippen molar-refractivity contribution in [1.29, 1.82) is 0 Å². The number of benzene rings is 1. The lowest BCUT2D eigenvalue weighted by atomic mass is 10.1. The van der Waals surface area contributed by atoms with Crippen LogP contribution in [-0.4, -0.2) is 35.3 Å². The maximum atomic E-state index is 11.0. The molecule has 0 aliphatic rings. The second-order valence-corrected chi connectivity index (χ2v) is 5.69. The molecule has 7 heteroatoms.